The van der Waals surface area contributed by atoms with E-state index in [0.29, 0.717) is 41.7 Å². The van der Waals surface area contributed by atoms with Gasteiger partial charge in [0.25, 0.3) is 5.91 Å². The highest BCUT2D eigenvalue weighted by molar-refractivity contribution is 6.09. The Labute approximate surface area is 189 Å². The summed E-state index contributed by atoms with van der Waals surface area (Å²) in [4.78, 5) is 41.4. The van der Waals surface area contributed by atoms with E-state index >= 15 is 0 Å². The van der Waals surface area contributed by atoms with Gasteiger partial charge in [0.1, 0.15) is 5.82 Å². The maximum atomic E-state index is 14.5. The zero-order valence-corrected chi connectivity index (χ0v) is 18.5. The highest BCUT2D eigenvalue weighted by atomic mass is 19.1. The van der Waals surface area contributed by atoms with Crippen LogP contribution in [0.1, 0.15) is 47.3 Å². The second-order valence-corrected chi connectivity index (χ2v) is 7.88. The first-order valence-electron chi connectivity index (χ1n) is 10.3. The number of rotatable bonds is 5. The van der Waals surface area contributed by atoms with Crippen LogP contribution in [-0.2, 0) is 22.6 Å². The number of carboxylic acids is 2. The van der Waals surface area contributed by atoms with Crippen LogP contribution in [0.5, 0.6) is 0 Å². The molecule has 1 aliphatic heterocycles. The minimum Gasteiger partial charge on any atom is -0.478 e. The number of halogens is 1. The summed E-state index contributed by atoms with van der Waals surface area (Å²) in [6.07, 6.45) is 3.48. The molecule has 33 heavy (non-hydrogen) atoms. The van der Waals surface area contributed by atoms with Gasteiger partial charge in [0, 0.05) is 47.9 Å². The van der Waals surface area contributed by atoms with Crippen molar-refractivity contribution in [2.75, 3.05) is 6.54 Å². The van der Waals surface area contributed by atoms with Crippen LogP contribution < -0.4 is 0 Å². The molecule has 4 rings (SSSR count). The van der Waals surface area contributed by atoms with E-state index in [1.165, 1.54) is 6.07 Å². The number of benzene rings is 1. The van der Waals surface area contributed by atoms with Crippen LogP contribution in [0.4, 0.5) is 4.39 Å². The Morgan fingerprint density at radius 3 is 2.45 bits per heavy atom. The van der Waals surface area contributed by atoms with Crippen molar-refractivity contribution in [2.45, 2.75) is 39.8 Å². The summed E-state index contributed by atoms with van der Waals surface area (Å²) in [7, 11) is 0. The third-order valence-corrected chi connectivity index (χ3v) is 5.36. The molecule has 0 saturated carbocycles. The molecule has 0 fully saturated rings. The van der Waals surface area contributed by atoms with Crippen molar-refractivity contribution < 1.29 is 29.0 Å². The van der Waals surface area contributed by atoms with E-state index < -0.39 is 11.9 Å². The molecule has 3 N–H and O–H groups in total. The van der Waals surface area contributed by atoms with Crippen molar-refractivity contribution in [3.8, 4) is 0 Å². The number of carboxylic acid groups (broad SMARTS) is 2. The lowest BCUT2D eigenvalue weighted by Crippen LogP contribution is -2.37. The van der Waals surface area contributed by atoms with Crippen molar-refractivity contribution in [3.05, 3.63) is 65.1 Å². The number of aryl methyl sites for hydroxylation is 1. The number of nitrogens with one attached hydrogen (secondary N) is 1. The van der Waals surface area contributed by atoms with Gasteiger partial charge in [0.2, 0.25) is 0 Å². The second-order valence-electron chi connectivity index (χ2n) is 7.88. The first-order valence-corrected chi connectivity index (χ1v) is 10.3. The van der Waals surface area contributed by atoms with Crippen molar-refractivity contribution in [3.63, 3.8) is 0 Å². The molecule has 10 heteroatoms. The van der Waals surface area contributed by atoms with Crippen molar-refractivity contribution in [2.24, 2.45) is 0 Å². The van der Waals surface area contributed by atoms with Crippen LogP contribution in [0, 0.1) is 12.7 Å². The number of para-hydroxylation sites is 1. The van der Waals surface area contributed by atoms with E-state index in [2.05, 4.69) is 9.97 Å². The minimum absolute atomic E-state index is 0.0429. The van der Waals surface area contributed by atoms with Gasteiger partial charge in [-0.1, -0.05) is 12.1 Å². The number of H-pyrrole nitrogens is 1. The van der Waals surface area contributed by atoms with Crippen LogP contribution >= 0.6 is 0 Å². The Morgan fingerprint density at radius 2 is 1.91 bits per heavy atom. The fourth-order valence-electron chi connectivity index (χ4n) is 3.95. The van der Waals surface area contributed by atoms with E-state index in [1.54, 1.807) is 17.3 Å². The van der Waals surface area contributed by atoms with Crippen molar-refractivity contribution >= 4 is 28.7 Å². The monoisotopic (exact) mass is 456 g/mol. The number of hydrogen-bond acceptors (Lipinski definition) is 4. The van der Waals surface area contributed by atoms with Gasteiger partial charge in [0.15, 0.2) is 0 Å². The van der Waals surface area contributed by atoms with E-state index in [9.17, 15) is 18.8 Å². The lowest BCUT2D eigenvalue weighted by molar-refractivity contribution is -0.134. The Morgan fingerprint density at radius 1 is 1.24 bits per heavy atom. The third-order valence-electron chi connectivity index (χ3n) is 5.36. The molecule has 0 spiro atoms. The molecule has 1 aromatic carbocycles. The number of hydrogen-bond donors (Lipinski definition) is 3. The summed E-state index contributed by atoms with van der Waals surface area (Å²) < 4.78 is 16.5. The fourth-order valence-corrected chi connectivity index (χ4v) is 3.95. The number of nitrogens with zero attached hydrogens (tertiary/aromatic N) is 3. The van der Waals surface area contributed by atoms with Crippen molar-refractivity contribution in [1.29, 1.82) is 0 Å². The number of aromatic nitrogens is 3. The number of carbonyl (C=O) groups excluding carboxylic acids is 1. The average Bonchev–Trinajstić information content (AvgIpc) is 3.31. The number of aromatic amines is 1. The topological polar surface area (TPSA) is 129 Å². The summed E-state index contributed by atoms with van der Waals surface area (Å²) >= 11 is 0. The smallest absolute Gasteiger partial charge is 0.328 e. The van der Waals surface area contributed by atoms with Gasteiger partial charge in [-0.15, -0.1) is 0 Å². The molecule has 2 aromatic heterocycles. The SMILES string of the molecule is Cc1[nH]cnc1CN1CCc2c(c3cccc(F)c3n2C(C)C)C1=O.O=C(O)C=CC(=O)O. The number of aliphatic carboxylic acids is 2. The largest absolute Gasteiger partial charge is 0.478 e. The standard InChI is InChI=1S/C19H21FN4O.C4H4O4/c1-11(2)24-16-7-8-23(9-15-12(3)21-10-22-15)19(25)17(16)13-5-4-6-14(20)18(13)24;5-3(6)1-2-4(7)8/h4-6,10-11H,7-9H2,1-3H3,(H,21,22);1-2H,(H,5,6)(H,7,8). The quantitative estimate of drug-likeness (QED) is 0.506. The molecular formula is C23H25FN4O5. The summed E-state index contributed by atoms with van der Waals surface area (Å²) in [5.41, 5.74) is 3.95. The molecule has 3 aromatic rings. The second kappa shape index (κ2) is 9.68. The normalized spacial score (nSPS) is 13.4. The Hall–Kier alpha value is -3.95. The van der Waals surface area contributed by atoms with Gasteiger partial charge in [-0.3, -0.25) is 4.79 Å². The first kappa shape index (κ1) is 23.7. The molecule has 0 bridgehead atoms. The molecule has 174 valence electrons. The van der Waals surface area contributed by atoms with Crippen LogP contribution in [0.2, 0.25) is 0 Å². The molecule has 1 aliphatic rings. The summed E-state index contributed by atoms with van der Waals surface area (Å²) in [5, 5.41) is 16.3. The minimum atomic E-state index is -1.26. The van der Waals surface area contributed by atoms with Gasteiger partial charge in [-0.05, 0) is 26.8 Å². The Balaban J connectivity index is 0.000000331. The van der Waals surface area contributed by atoms with Gasteiger partial charge in [0.05, 0.1) is 29.6 Å². The van der Waals surface area contributed by atoms with Gasteiger partial charge < -0.3 is 24.7 Å². The molecule has 0 unspecified atom stereocenters. The molecule has 9 nitrogen and oxygen atoms in total. The highest BCUT2D eigenvalue weighted by Gasteiger charge is 2.32. The fraction of sp³-hybridized carbons (Fsp3) is 0.304. The van der Waals surface area contributed by atoms with Gasteiger partial charge in [-0.25, -0.2) is 19.0 Å². The number of amides is 1. The van der Waals surface area contributed by atoms with E-state index in [4.69, 9.17) is 10.2 Å². The van der Waals surface area contributed by atoms with Crippen LogP contribution in [0.25, 0.3) is 10.9 Å². The maximum Gasteiger partial charge on any atom is 0.328 e. The predicted molar refractivity (Wildman–Crippen MR) is 118 cm³/mol. The Bertz CT molecular complexity index is 1230. The van der Waals surface area contributed by atoms with Crippen LogP contribution in [0.3, 0.4) is 0 Å². The first-order chi connectivity index (χ1) is 15.6. The number of fused-ring (bicyclic) bond motifs is 3. The molecule has 0 saturated heterocycles. The average molecular weight is 456 g/mol. The zero-order valence-electron chi connectivity index (χ0n) is 18.5. The maximum absolute atomic E-state index is 14.5. The summed E-state index contributed by atoms with van der Waals surface area (Å²) in [6.45, 7) is 7.08. The van der Waals surface area contributed by atoms with E-state index in [1.807, 2.05) is 31.4 Å². The lowest BCUT2D eigenvalue weighted by atomic mass is 10.0. The molecule has 0 radical (unpaired) electrons. The third kappa shape index (κ3) is 4.94. The van der Waals surface area contributed by atoms with Crippen LogP contribution in [0.15, 0.2) is 36.7 Å². The van der Waals surface area contributed by atoms with E-state index in [-0.39, 0.29) is 17.8 Å². The molecule has 0 atom stereocenters. The predicted octanol–water partition coefficient (Wildman–Crippen LogP) is 3.30. The number of imidazole rings is 1. The van der Waals surface area contributed by atoms with Gasteiger partial charge in [-0.2, -0.15) is 0 Å². The van der Waals surface area contributed by atoms with Crippen LogP contribution in [-0.4, -0.2) is 54.0 Å². The molecular weight excluding hydrogens is 431 g/mol. The Kier molecular flexibility index (Phi) is 6.95. The summed E-state index contributed by atoms with van der Waals surface area (Å²) in [5.74, 6) is -2.83. The lowest BCUT2D eigenvalue weighted by Gasteiger charge is -2.28. The molecule has 3 heterocycles. The van der Waals surface area contributed by atoms with E-state index in [0.717, 1.165) is 23.5 Å². The zero-order chi connectivity index (χ0) is 24.3. The molecule has 1 amide bonds. The molecule has 0 aliphatic carbocycles. The van der Waals surface area contributed by atoms with Gasteiger partial charge >= 0.3 is 11.9 Å². The highest BCUT2D eigenvalue weighted by Crippen LogP contribution is 2.35. The number of carbonyl (C=O) groups is 3. The van der Waals surface area contributed by atoms with Crippen molar-refractivity contribution in [1.82, 2.24) is 19.4 Å². The summed E-state index contributed by atoms with van der Waals surface area (Å²) in [6, 6.07) is 5.07.